The van der Waals surface area contributed by atoms with Crippen LogP contribution >= 0.6 is 0 Å². The predicted molar refractivity (Wildman–Crippen MR) is 77.0 cm³/mol. The lowest BCUT2D eigenvalue weighted by molar-refractivity contribution is -0.138. The molecule has 1 heterocycles. The molecule has 2 rings (SSSR count). The van der Waals surface area contributed by atoms with Gasteiger partial charge in [-0.15, -0.1) is 0 Å². The Bertz CT molecular complexity index is 514. The van der Waals surface area contributed by atoms with E-state index in [2.05, 4.69) is 10.6 Å². The van der Waals surface area contributed by atoms with Crippen molar-refractivity contribution in [2.75, 3.05) is 18.4 Å². The van der Waals surface area contributed by atoms with Gasteiger partial charge >= 0.3 is 5.97 Å². The standard InChI is InChI=1S/C15H20N2O3/c1-2-10(7-14(18)19)9-17-15(20)12-4-3-11-5-6-16-13(11)8-12/h3-4,8,10,16H,2,5-7,9H2,1H3,(H,17,20)(H,18,19). The molecule has 0 aliphatic carbocycles. The van der Waals surface area contributed by atoms with Crippen LogP contribution in [0.3, 0.4) is 0 Å². The highest BCUT2D eigenvalue weighted by atomic mass is 16.4. The fourth-order valence-corrected chi connectivity index (χ4v) is 2.38. The Morgan fingerprint density at radius 2 is 2.25 bits per heavy atom. The van der Waals surface area contributed by atoms with Crippen molar-refractivity contribution in [2.24, 2.45) is 5.92 Å². The number of aliphatic carboxylic acids is 1. The van der Waals surface area contributed by atoms with Gasteiger partial charge in [0.15, 0.2) is 0 Å². The Hall–Kier alpha value is -2.04. The minimum absolute atomic E-state index is 0.0241. The molecule has 1 atom stereocenters. The average molecular weight is 276 g/mol. The number of carbonyl (C=O) groups excluding carboxylic acids is 1. The fourth-order valence-electron chi connectivity index (χ4n) is 2.38. The number of amides is 1. The molecule has 3 N–H and O–H groups in total. The number of nitrogens with one attached hydrogen (secondary N) is 2. The third-order valence-electron chi connectivity index (χ3n) is 3.67. The number of carboxylic acids is 1. The van der Waals surface area contributed by atoms with Gasteiger partial charge in [-0.2, -0.15) is 0 Å². The zero-order valence-corrected chi connectivity index (χ0v) is 11.6. The van der Waals surface area contributed by atoms with Crippen LogP contribution in [0.15, 0.2) is 18.2 Å². The molecule has 0 radical (unpaired) electrons. The maximum atomic E-state index is 12.1. The second-order valence-electron chi connectivity index (χ2n) is 5.13. The molecule has 1 amide bonds. The third kappa shape index (κ3) is 3.50. The summed E-state index contributed by atoms with van der Waals surface area (Å²) in [5.41, 5.74) is 2.87. The highest BCUT2D eigenvalue weighted by Crippen LogP contribution is 2.23. The van der Waals surface area contributed by atoms with Crippen LogP contribution in [0.1, 0.15) is 35.7 Å². The number of rotatable bonds is 6. The molecule has 0 saturated heterocycles. The Balaban J connectivity index is 1.93. The average Bonchev–Trinajstić information content (AvgIpc) is 2.89. The molecule has 0 saturated carbocycles. The molecule has 5 heteroatoms. The maximum absolute atomic E-state index is 12.1. The number of anilines is 1. The van der Waals surface area contributed by atoms with Crippen molar-refractivity contribution < 1.29 is 14.7 Å². The summed E-state index contributed by atoms with van der Waals surface area (Å²) in [7, 11) is 0. The molecule has 0 aromatic heterocycles. The number of benzene rings is 1. The van der Waals surface area contributed by atoms with Crippen LogP contribution in [0.25, 0.3) is 0 Å². The summed E-state index contributed by atoms with van der Waals surface area (Å²) < 4.78 is 0. The van der Waals surface area contributed by atoms with E-state index in [1.54, 1.807) is 0 Å². The first kappa shape index (κ1) is 14.4. The van der Waals surface area contributed by atoms with Crippen molar-refractivity contribution in [3.63, 3.8) is 0 Å². The summed E-state index contributed by atoms with van der Waals surface area (Å²) in [6.45, 7) is 3.24. The monoisotopic (exact) mass is 276 g/mol. The highest BCUT2D eigenvalue weighted by molar-refractivity contribution is 5.95. The van der Waals surface area contributed by atoms with E-state index in [1.165, 1.54) is 5.56 Å². The van der Waals surface area contributed by atoms with Crippen LogP contribution in [0, 0.1) is 5.92 Å². The summed E-state index contributed by atoms with van der Waals surface area (Å²) in [4.78, 5) is 22.8. The van der Waals surface area contributed by atoms with Crippen molar-refractivity contribution in [1.82, 2.24) is 5.32 Å². The van der Waals surface area contributed by atoms with Gasteiger partial charge in [-0.25, -0.2) is 0 Å². The van der Waals surface area contributed by atoms with Crippen molar-refractivity contribution >= 4 is 17.6 Å². The summed E-state index contributed by atoms with van der Waals surface area (Å²) in [5.74, 6) is -0.998. The quantitative estimate of drug-likeness (QED) is 0.741. The molecule has 5 nitrogen and oxygen atoms in total. The highest BCUT2D eigenvalue weighted by Gasteiger charge is 2.15. The first-order valence-corrected chi connectivity index (χ1v) is 6.97. The lowest BCUT2D eigenvalue weighted by Gasteiger charge is -2.13. The van der Waals surface area contributed by atoms with Crippen LogP contribution in [-0.2, 0) is 11.2 Å². The topological polar surface area (TPSA) is 78.4 Å². The molecule has 1 aliphatic heterocycles. The van der Waals surface area contributed by atoms with Gasteiger partial charge in [0.05, 0.1) is 0 Å². The Morgan fingerprint density at radius 3 is 2.95 bits per heavy atom. The lowest BCUT2D eigenvalue weighted by Crippen LogP contribution is -2.30. The molecular formula is C15H20N2O3. The number of carboxylic acid groups (broad SMARTS) is 1. The van der Waals surface area contributed by atoms with E-state index in [0.717, 1.165) is 25.1 Å². The van der Waals surface area contributed by atoms with Gasteiger partial charge in [-0.1, -0.05) is 19.4 Å². The van der Waals surface area contributed by atoms with Gasteiger partial charge in [0.2, 0.25) is 0 Å². The van der Waals surface area contributed by atoms with Gasteiger partial charge < -0.3 is 15.7 Å². The van der Waals surface area contributed by atoms with E-state index in [0.29, 0.717) is 12.1 Å². The summed E-state index contributed by atoms with van der Waals surface area (Å²) in [5, 5.41) is 14.8. The summed E-state index contributed by atoms with van der Waals surface area (Å²) in [6, 6.07) is 5.65. The smallest absolute Gasteiger partial charge is 0.303 e. The zero-order valence-electron chi connectivity index (χ0n) is 11.6. The fraction of sp³-hybridized carbons (Fsp3) is 0.467. The van der Waals surface area contributed by atoms with Crippen LogP contribution in [0.4, 0.5) is 5.69 Å². The largest absolute Gasteiger partial charge is 0.481 e. The van der Waals surface area contributed by atoms with E-state index in [1.807, 2.05) is 25.1 Å². The second kappa shape index (κ2) is 6.41. The van der Waals surface area contributed by atoms with Gasteiger partial charge in [0, 0.05) is 30.8 Å². The third-order valence-corrected chi connectivity index (χ3v) is 3.67. The molecular weight excluding hydrogens is 256 g/mol. The molecule has 0 spiro atoms. The SMILES string of the molecule is CCC(CNC(=O)c1ccc2c(c1)NCC2)CC(=O)O. The Labute approximate surface area is 118 Å². The molecule has 108 valence electrons. The van der Waals surface area contributed by atoms with E-state index in [4.69, 9.17) is 5.11 Å². The normalized spacial score (nSPS) is 14.2. The minimum atomic E-state index is -0.826. The predicted octanol–water partition coefficient (Wildman–Crippen LogP) is 1.89. The van der Waals surface area contributed by atoms with Crippen LogP contribution < -0.4 is 10.6 Å². The van der Waals surface area contributed by atoms with Crippen molar-refractivity contribution in [3.8, 4) is 0 Å². The van der Waals surface area contributed by atoms with E-state index < -0.39 is 5.97 Å². The summed E-state index contributed by atoms with van der Waals surface area (Å²) in [6.07, 6.45) is 1.81. The van der Waals surface area contributed by atoms with Crippen molar-refractivity contribution in [1.29, 1.82) is 0 Å². The zero-order chi connectivity index (χ0) is 14.5. The van der Waals surface area contributed by atoms with Crippen LogP contribution in [0.2, 0.25) is 0 Å². The molecule has 0 fully saturated rings. The molecule has 1 unspecified atom stereocenters. The lowest BCUT2D eigenvalue weighted by atomic mass is 10.0. The molecule has 20 heavy (non-hydrogen) atoms. The van der Waals surface area contributed by atoms with Gasteiger partial charge in [-0.3, -0.25) is 9.59 Å². The van der Waals surface area contributed by atoms with Crippen LogP contribution in [-0.4, -0.2) is 30.1 Å². The maximum Gasteiger partial charge on any atom is 0.303 e. The molecule has 1 aromatic rings. The van der Waals surface area contributed by atoms with E-state index in [-0.39, 0.29) is 18.2 Å². The van der Waals surface area contributed by atoms with Crippen LogP contribution in [0.5, 0.6) is 0 Å². The number of hydrogen-bond acceptors (Lipinski definition) is 3. The number of hydrogen-bond donors (Lipinski definition) is 3. The molecule has 1 aromatic carbocycles. The van der Waals surface area contributed by atoms with Gasteiger partial charge in [0.25, 0.3) is 5.91 Å². The minimum Gasteiger partial charge on any atom is -0.481 e. The van der Waals surface area contributed by atoms with Gasteiger partial charge in [-0.05, 0) is 30.0 Å². The second-order valence-corrected chi connectivity index (χ2v) is 5.13. The number of fused-ring (bicyclic) bond motifs is 1. The first-order valence-electron chi connectivity index (χ1n) is 6.97. The summed E-state index contributed by atoms with van der Waals surface area (Å²) >= 11 is 0. The van der Waals surface area contributed by atoms with Gasteiger partial charge in [0.1, 0.15) is 0 Å². The molecule has 1 aliphatic rings. The first-order chi connectivity index (χ1) is 9.60. The van der Waals surface area contributed by atoms with Crippen molar-refractivity contribution in [2.45, 2.75) is 26.2 Å². The Morgan fingerprint density at radius 1 is 1.45 bits per heavy atom. The Kier molecular flexibility index (Phi) is 4.61. The van der Waals surface area contributed by atoms with E-state index in [9.17, 15) is 9.59 Å². The van der Waals surface area contributed by atoms with E-state index >= 15 is 0 Å². The number of carbonyl (C=O) groups is 2. The molecule has 0 bridgehead atoms. The van der Waals surface area contributed by atoms with Crippen molar-refractivity contribution in [3.05, 3.63) is 29.3 Å².